The van der Waals surface area contributed by atoms with E-state index in [1.54, 1.807) is 19.2 Å². The lowest BCUT2D eigenvalue weighted by Gasteiger charge is -2.17. The Labute approximate surface area is 136 Å². The zero-order valence-corrected chi connectivity index (χ0v) is 14.4. The highest BCUT2D eigenvalue weighted by atomic mass is 32.2. The number of carbonyl (C=O) groups excluding carboxylic acids is 1. The molecule has 0 aliphatic rings. The molecule has 1 heterocycles. The third-order valence-corrected chi connectivity index (χ3v) is 3.95. The van der Waals surface area contributed by atoms with Crippen molar-refractivity contribution in [1.82, 2.24) is 16.0 Å². The number of furan rings is 1. The van der Waals surface area contributed by atoms with Crippen LogP contribution in [0.3, 0.4) is 0 Å². The molecule has 1 amide bonds. The number of hydrogen-bond acceptors (Lipinski definition) is 5. The largest absolute Gasteiger partial charge is 0.459 e. The lowest BCUT2D eigenvalue weighted by molar-refractivity contribution is 0.0926. The molecular weight excluding hydrogens is 320 g/mol. The normalized spacial score (nSPS) is 13.4. The Morgan fingerprint density at radius 1 is 1.35 bits per heavy atom. The van der Waals surface area contributed by atoms with Crippen LogP contribution in [-0.2, 0) is 9.84 Å². The molecule has 0 saturated carbocycles. The van der Waals surface area contributed by atoms with Crippen molar-refractivity contribution in [3.05, 3.63) is 24.2 Å². The quantitative estimate of drug-likeness (QED) is 0.347. The van der Waals surface area contributed by atoms with Crippen LogP contribution in [0.25, 0.3) is 0 Å². The SMILES string of the molecule is CN=C(NCCNC(=O)c1ccco1)NC(C)CCS(C)(=O)=O. The summed E-state index contributed by atoms with van der Waals surface area (Å²) >= 11 is 0. The average molecular weight is 344 g/mol. The van der Waals surface area contributed by atoms with E-state index in [1.165, 1.54) is 12.5 Å². The lowest BCUT2D eigenvalue weighted by Crippen LogP contribution is -2.45. The lowest BCUT2D eigenvalue weighted by atomic mass is 10.3. The summed E-state index contributed by atoms with van der Waals surface area (Å²) in [6, 6.07) is 3.21. The number of sulfone groups is 1. The highest BCUT2D eigenvalue weighted by Crippen LogP contribution is 1.98. The second kappa shape index (κ2) is 9.19. The van der Waals surface area contributed by atoms with Gasteiger partial charge in [0.25, 0.3) is 5.91 Å². The van der Waals surface area contributed by atoms with E-state index in [0.717, 1.165) is 0 Å². The van der Waals surface area contributed by atoms with E-state index in [2.05, 4.69) is 20.9 Å². The Kier molecular flexibility index (Phi) is 7.60. The van der Waals surface area contributed by atoms with Crippen LogP contribution in [0.1, 0.15) is 23.9 Å². The van der Waals surface area contributed by atoms with Gasteiger partial charge in [-0.2, -0.15) is 0 Å². The average Bonchev–Trinajstić information content (AvgIpc) is 3.01. The van der Waals surface area contributed by atoms with E-state index in [-0.39, 0.29) is 23.5 Å². The number of amides is 1. The van der Waals surface area contributed by atoms with Gasteiger partial charge in [0.15, 0.2) is 11.7 Å². The fourth-order valence-corrected chi connectivity index (χ4v) is 2.52. The molecule has 3 N–H and O–H groups in total. The monoisotopic (exact) mass is 344 g/mol. The minimum Gasteiger partial charge on any atom is -0.459 e. The van der Waals surface area contributed by atoms with E-state index in [0.29, 0.717) is 25.5 Å². The van der Waals surface area contributed by atoms with E-state index in [9.17, 15) is 13.2 Å². The van der Waals surface area contributed by atoms with Gasteiger partial charge in [-0.15, -0.1) is 0 Å². The number of nitrogens with zero attached hydrogens (tertiary/aromatic N) is 1. The molecule has 9 heteroatoms. The molecule has 8 nitrogen and oxygen atoms in total. The molecule has 130 valence electrons. The Morgan fingerprint density at radius 2 is 2.04 bits per heavy atom. The maximum absolute atomic E-state index is 11.6. The highest BCUT2D eigenvalue weighted by molar-refractivity contribution is 7.90. The van der Waals surface area contributed by atoms with Crippen LogP contribution >= 0.6 is 0 Å². The Hall–Kier alpha value is -2.03. The standard InChI is InChI=1S/C14H24N4O4S/c1-11(6-10-23(3,20)21)18-14(15-2)17-8-7-16-13(19)12-5-4-9-22-12/h4-5,9,11H,6-8,10H2,1-3H3,(H,16,19)(H2,15,17,18). The summed E-state index contributed by atoms with van der Waals surface area (Å²) in [5, 5.41) is 8.85. The molecule has 1 rings (SSSR count). The highest BCUT2D eigenvalue weighted by Gasteiger charge is 2.10. The van der Waals surface area contributed by atoms with Crippen molar-refractivity contribution in [2.75, 3.05) is 32.1 Å². The van der Waals surface area contributed by atoms with E-state index >= 15 is 0 Å². The van der Waals surface area contributed by atoms with Crippen LogP contribution in [0.4, 0.5) is 0 Å². The van der Waals surface area contributed by atoms with Crippen LogP contribution in [0.5, 0.6) is 0 Å². The first-order chi connectivity index (χ1) is 10.8. The van der Waals surface area contributed by atoms with Crippen LogP contribution in [0.15, 0.2) is 27.8 Å². The van der Waals surface area contributed by atoms with Gasteiger partial charge in [-0.25, -0.2) is 8.42 Å². The number of nitrogens with one attached hydrogen (secondary N) is 3. The second-order valence-corrected chi connectivity index (χ2v) is 7.46. The molecule has 0 radical (unpaired) electrons. The van der Waals surface area contributed by atoms with Crippen molar-refractivity contribution in [3.63, 3.8) is 0 Å². The maximum atomic E-state index is 11.6. The number of rotatable bonds is 8. The molecule has 1 unspecified atom stereocenters. The summed E-state index contributed by atoms with van der Waals surface area (Å²) in [7, 11) is -1.35. The van der Waals surface area contributed by atoms with Gasteiger partial charge in [-0.3, -0.25) is 9.79 Å². The third kappa shape index (κ3) is 8.24. The van der Waals surface area contributed by atoms with Crippen molar-refractivity contribution >= 4 is 21.7 Å². The molecule has 0 saturated heterocycles. The summed E-state index contributed by atoms with van der Waals surface area (Å²) in [5.41, 5.74) is 0. The first kappa shape index (κ1) is 19.0. The molecule has 1 aromatic rings. The van der Waals surface area contributed by atoms with E-state index < -0.39 is 9.84 Å². The summed E-state index contributed by atoms with van der Waals surface area (Å²) in [4.78, 5) is 15.7. The van der Waals surface area contributed by atoms with Gasteiger partial charge < -0.3 is 20.4 Å². The molecule has 23 heavy (non-hydrogen) atoms. The van der Waals surface area contributed by atoms with Crippen molar-refractivity contribution in [2.24, 2.45) is 4.99 Å². The van der Waals surface area contributed by atoms with Gasteiger partial charge in [0.05, 0.1) is 12.0 Å². The number of carbonyl (C=O) groups is 1. The molecule has 0 aromatic carbocycles. The summed E-state index contributed by atoms with van der Waals surface area (Å²) in [6.45, 7) is 2.76. The van der Waals surface area contributed by atoms with E-state index in [4.69, 9.17) is 4.42 Å². The zero-order chi connectivity index (χ0) is 17.3. The molecule has 1 atom stereocenters. The maximum Gasteiger partial charge on any atom is 0.287 e. The fraction of sp³-hybridized carbons (Fsp3) is 0.571. The molecule has 0 aliphatic carbocycles. The third-order valence-electron chi connectivity index (χ3n) is 2.98. The van der Waals surface area contributed by atoms with Crippen LogP contribution in [0.2, 0.25) is 0 Å². The first-order valence-corrected chi connectivity index (χ1v) is 9.34. The number of hydrogen-bond donors (Lipinski definition) is 3. The van der Waals surface area contributed by atoms with Crippen LogP contribution in [0, 0.1) is 0 Å². The van der Waals surface area contributed by atoms with Crippen molar-refractivity contribution in [3.8, 4) is 0 Å². The molecule has 1 aromatic heterocycles. The van der Waals surface area contributed by atoms with Crippen LogP contribution < -0.4 is 16.0 Å². The predicted molar refractivity (Wildman–Crippen MR) is 89.3 cm³/mol. The second-order valence-electron chi connectivity index (χ2n) is 5.20. The van der Waals surface area contributed by atoms with Crippen molar-refractivity contribution < 1.29 is 17.6 Å². The predicted octanol–water partition coefficient (Wildman–Crippen LogP) is -0.00240. The molecule has 0 aliphatic heterocycles. The molecular formula is C14H24N4O4S. The smallest absolute Gasteiger partial charge is 0.287 e. The Balaban J connectivity index is 2.25. The topological polar surface area (TPSA) is 113 Å². The Bertz CT molecular complexity index is 611. The summed E-state index contributed by atoms with van der Waals surface area (Å²) < 4.78 is 27.3. The number of guanidine groups is 1. The van der Waals surface area contributed by atoms with Crippen LogP contribution in [-0.4, -0.2) is 58.5 Å². The molecule has 0 spiro atoms. The van der Waals surface area contributed by atoms with Crippen molar-refractivity contribution in [1.29, 1.82) is 0 Å². The molecule has 0 bridgehead atoms. The summed E-state index contributed by atoms with van der Waals surface area (Å²) in [5.74, 6) is 0.665. The first-order valence-electron chi connectivity index (χ1n) is 7.28. The van der Waals surface area contributed by atoms with Gasteiger partial charge in [0.1, 0.15) is 9.84 Å². The minimum absolute atomic E-state index is 0.0337. The van der Waals surface area contributed by atoms with Gasteiger partial charge in [-0.05, 0) is 25.5 Å². The molecule has 0 fully saturated rings. The zero-order valence-electron chi connectivity index (χ0n) is 13.6. The minimum atomic E-state index is -2.97. The van der Waals surface area contributed by atoms with Gasteiger partial charge in [0.2, 0.25) is 0 Å². The Morgan fingerprint density at radius 3 is 2.61 bits per heavy atom. The fourth-order valence-electron chi connectivity index (χ4n) is 1.74. The van der Waals surface area contributed by atoms with Gasteiger partial charge >= 0.3 is 0 Å². The van der Waals surface area contributed by atoms with E-state index in [1.807, 2.05) is 6.92 Å². The summed E-state index contributed by atoms with van der Waals surface area (Å²) in [6.07, 6.45) is 3.15. The van der Waals surface area contributed by atoms with Crippen molar-refractivity contribution in [2.45, 2.75) is 19.4 Å². The number of aliphatic imine (C=N–C) groups is 1. The van der Waals surface area contributed by atoms with Gasteiger partial charge in [-0.1, -0.05) is 0 Å². The van der Waals surface area contributed by atoms with Gasteiger partial charge in [0, 0.05) is 32.4 Å².